The SMILES string of the molecule is O=C(/C=C/c1ccc(Cl)cc1)c1ccc2[nH]c3ccccc3c2c1. The molecule has 0 saturated carbocycles. The van der Waals surface area contributed by atoms with Gasteiger partial charge in [0.25, 0.3) is 0 Å². The van der Waals surface area contributed by atoms with Gasteiger partial charge in [0.05, 0.1) is 0 Å². The molecule has 4 aromatic rings. The molecule has 0 aliphatic heterocycles. The Bertz CT molecular complexity index is 1070. The lowest BCUT2D eigenvalue weighted by molar-refractivity contribution is 0.104. The summed E-state index contributed by atoms with van der Waals surface area (Å²) in [5.41, 5.74) is 3.74. The Balaban J connectivity index is 1.69. The van der Waals surface area contributed by atoms with Crippen LogP contribution < -0.4 is 0 Å². The lowest BCUT2D eigenvalue weighted by Crippen LogP contribution is -1.93. The molecule has 0 bridgehead atoms. The zero-order chi connectivity index (χ0) is 16.5. The van der Waals surface area contributed by atoms with E-state index >= 15 is 0 Å². The lowest BCUT2D eigenvalue weighted by Gasteiger charge is -1.98. The molecular weight excluding hydrogens is 318 g/mol. The van der Waals surface area contributed by atoms with E-state index in [4.69, 9.17) is 11.6 Å². The third-order valence-corrected chi connectivity index (χ3v) is 4.34. The van der Waals surface area contributed by atoms with Crippen molar-refractivity contribution in [3.8, 4) is 0 Å². The number of carbonyl (C=O) groups is 1. The van der Waals surface area contributed by atoms with E-state index in [2.05, 4.69) is 11.1 Å². The summed E-state index contributed by atoms with van der Waals surface area (Å²) in [7, 11) is 0. The van der Waals surface area contributed by atoms with Crippen molar-refractivity contribution in [1.29, 1.82) is 0 Å². The van der Waals surface area contributed by atoms with Crippen molar-refractivity contribution >= 4 is 45.3 Å². The van der Waals surface area contributed by atoms with Gasteiger partial charge in [-0.2, -0.15) is 0 Å². The van der Waals surface area contributed by atoms with Gasteiger partial charge in [0.15, 0.2) is 5.78 Å². The van der Waals surface area contributed by atoms with E-state index in [0.717, 1.165) is 27.4 Å². The fourth-order valence-corrected chi connectivity index (χ4v) is 2.97. The lowest BCUT2D eigenvalue weighted by atomic mass is 10.1. The topological polar surface area (TPSA) is 32.9 Å². The van der Waals surface area contributed by atoms with E-state index in [0.29, 0.717) is 10.6 Å². The summed E-state index contributed by atoms with van der Waals surface area (Å²) in [6, 6.07) is 21.2. The molecular formula is C21H14ClNO. The molecule has 1 N–H and O–H groups in total. The number of para-hydroxylation sites is 1. The first-order valence-electron chi connectivity index (χ1n) is 7.69. The third kappa shape index (κ3) is 2.72. The molecule has 1 aromatic heterocycles. The second-order valence-electron chi connectivity index (χ2n) is 5.68. The van der Waals surface area contributed by atoms with E-state index in [1.807, 2.05) is 60.7 Å². The minimum Gasteiger partial charge on any atom is -0.355 e. The fraction of sp³-hybridized carbons (Fsp3) is 0. The first kappa shape index (κ1) is 14.7. The number of nitrogens with one attached hydrogen (secondary N) is 1. The van der Waals surface area contributed by atoms with Crippen molar-refractivity contribution in [3.63, 3.8) is 0 Å². The molecule has 0 atom stereocenters. The van der Waals surface area contributed by atoms with E-state index in [1.54, 1.807) is 12.2 Å². The zero-order valence-electron chi connectivity index (χ0n) is 12.8. The molecule has 116 valence electrons. The molecule has 4 rings (SSSR count). The van der Waals surface area contributed by atoms with Crippen LogP contribution in [-0.2, 0) is 0 Å². The van der Waals surface area contributed by atoms with Crippen LogP contribution in [0, 0.1) is 0 Å². The van der Waals surface area contributed by atoms with Gasteiger partial charge in [0.1, 0.15) is 0 Å². The quantitative estimate of drug-likeness (QED) is 0.369. The first-order valence-corrected chi connectivity index (χ1v) is 8.07. The molecule has 2 nitrogen and oxygen atoms in total. The molecule has 0 unspecified atom stereocenters. The fourth-order valence-electron chi connectivity index (χ4n) is 2.84. The molecule has 24 heavy (non-hydrogen) atoms. The van der Waals surface area contributed by atoms with Gasteiger partial charge in [-0.05, 0) is 48.0 Å². The zero-order valence-corrected chi connectivity index (χ0v) is 13.5. The van der Waals surface area contributed by atoms with E-state index in [1.165, 1.54) is 0 Å². The number of H-pyrrole nitrogens is 1. The van der Waals surface area contributed by atoms with Gasteiger partial charge in [-0.25, -0.2) is 0 Å². The smallest absolute Gasteiger partial charge is 0.185 e. The molecule has 0 fully saturated rings. The highest BCUT2D eigenvalue weighted by Gasteiger charge is 2.07. The number of hydrogen-bond acceptors (Lipinski definition) is 1. The summed E-state index contributed by atoms with van der Waals surface area (Å²) in [6.07, 6.45) is 3.40. The number of fused-ring (bicyclic) bond motifs is 3. The molecule has 0 aliphatic rings. The summed E-state index contributed by atoms with van der Waals surface area (Å²) < 4.78 is 0. The van der Waals surface area contributed by atoms with Crippen LogP contribution in [0.2, 0.25) is 5.02 Å². The van der Waals surface area contributed by atoms with Crippen LogP contribution in [0.5, 0.6) is 0 Å². The standard InChI is InChI=1S/C21H14ClNO/c22-16-9-5-14(6-10-16)7-12-21(24)15-8-11-20-18(13-15)17-3-1-2-4-19(17)23-20/h1-13,23H/b12-7+. The second-order valence-corrected chi connectivity index (χ2v) is 6.12. The number of allylic oxidation sites excluding steroid dienone is 1. The summed E-state index contributed by atoms with van der Waals surface area (Å²) in [5.74, 6) is -0.0165. The van der Waals surface area contributed by atoms with Gasteiger partial charge < -0.3 is 4.98 Å². The van der Waals surface area contributed by atoms with Crippen LogP contribution in [0.25, 0.3) is 27.9 Å². The normalized spacial score (nSPS) is 11.5. The van der Waals surface area contributed by atoms with Crippen molar-refractivity contribution in [2.24, 2.45) is 0 Å². The maximum absolute atomic E-state index is 12.5. The summed E-state index contributed by atoms with van der Waals surface area (Å²) in [6.45, 7) is 0. The molecule has 1 heterocycles. The van der Waals surface area contributed by atoms with Crippen LogP contribution in [0.3, 0.4) is 0 Å². The van der Waals surface area contributed by atoms with Crippen molar-refractivity contribution < 1.29 is 4.79 Å². The Morgan fingerprint density at radius 3 is 2.46 bits per heavy atom. The number of ketones is 1. The predicted octanol–water partition coefficient (Wildman–Crippen LogP) is 5.87. The minimum atomic E-state index is -0.0165. The van der Waals surface area contributed by atoms with Crippen LogP contribution in [0.4, 0.5) is 0 Å². The number of halogens is 1. The molecule has 3 heteroatoms. The highest BCUT2D eigenvalue weighted by Crippen LogP contribution is 2.26. The number of aromatic amines is 1. The van der Waals surface area contributed by atoms with Gasteiger partial charge in [-0.3, -0.25) is 4.79 Å². The number of benzene rings is 3. The summed E-state index contributed by atoms with van der Waals surface area (Å²) >= 11 is 5.87. The minimum absolute atomic E-state index is 0.0165. The summed E-state index contributed by atoms with van der Waals surface area (Å²) in [5, 5.41) is 2.88. The Morgan fingerprint density at radius 1 is 0.875 bits per heavy atom. The molecule has 0 aliphatic carbocycles. The Morgan fingerprint density at radius 2 is 1.62 bits per heavy atom. The molecule has 3 aromatic carbocycles. The largest absolute Gasteiger partial charge is 0.355 e. The van der Waals surface area contributed by atoms with Crippen molar-refractivity contribution in [2.45, 2.75) is 0 Å². The molecule has 0 saturated heterocycles. The Labute approximate surface area is 144 Å². The monoisotopic (exact) mass is 331 g/mol. The van der Waals surface area contributed by atoms with Gasteiger partial charge in [0, 0.05) is 32.4 Å². The molecule has 0 amide bonds. The Kier molecular flexibility index (Phi) is 3.68. The van der Waals surface area contributed by atoms with Gasteiger partial charge in [-0.1, -0.05) is 48.0 Å². The van der Waals surface area contributed by atoms with Gasteiger partial charge >= 0.3 is 0 Å². The molecule has 0 radical (unpaired) electrons. The Hall–Kier alpha value is -2.84. The number of hydrogen-bond donors (Lipinski definition) is 1. The molecule has 0 spiro atoms. The van der Waals surface area contributed by atoms with Crippen LogP contribution in [0.1, 0.15) is 15.9 Å². The van der Waals surface area contributed by atoms with Crippen LogP contribution in [-0.4, -0.2) is 10.8 Å². The van der Waals surface area contributed by atoms with Crippen molar-refractivity contribution in [1.82, 2.24) is 4.98 Å². The second kappa shape index (κ2) is 5.99. The maximum Gasteiger partial charge on any atom is 0.185 e. The van der Waals surface area contributed by atoms with E-state index < -0.39 is 0 Å². The number of carbonyl (C=O) groups excluding carboxylic acids is 1. The van der Waals surface area contributed by atoms with Crippen LogP contribution >= 0.6 is 11.6 Å². The van der Waals surface area contributed by atoms with E-state index in [9.17, 15) is 4.79 Å². The third-order valence-electron chi connectivity index (χ3n) is 4.09. The summed E-state index contributed by atoms with van der Waals surface area (Å²) in [4.78, 5) is 15.8. The van der Waals surface area contributed by atoms with Crippen LogP contribution in [0.15, 0.2) is 72.8 Å². The first-order chi connectivity index (χ1) is 11.7. The highest BCUT2D eigenvalue weighted by atomic mass is 35.5. The van der Waals surface area contributed by atoms with Crippen molar-refractivity contribution in [3.05, 3.63) is 89.0 Å². The van der Waals surface area contributed by atoms with Gasteiger partial charge in [-0.15, -0.1) is 0 Å². The van der Waals surface area contributed by atoms with E-state index in [-0.39, 0.29) is 5.78 Å². The predicted molar refractivity (Wildman–Crippen MR) is 101 cm³/mol. The average Bonchev–Trinajstić information content (AvgIpc) is 2.99. The van der Waals surface area contributed by atoms with Gasteiger partial charge in [0.2, 0.25) is 0 Å². The van der Waals surface area contributed by atoms with Crippen molar-refractivity contribution in [2.75, 3.05) is 0 Å². The number of aromatic nitrogens is 1. The highest BCUT2D eigenvalue weighted by molar-refractivity contribution is 6.30. The average molecular weight is 332 g/mol. The maximum atomic E-state index is 12.5. The number of rotatable bonds is 3.